The smallest absolute Gasteiger partial charge is 0.124 e. The molecule has 0 saturated heterocycles. The molecule has 3 heteroatoms. The Labute approximate surface area is 100 Å². The SMILES string of the molecule is CC(C)Cc1ccc(-c2cccc(N)n2)s1. The topological polar surface area (TPSA) is 38.9 Å². The molecule has 0 fully saturated rings. The van der Waals surface area contributed by atoms with Crippen LogP contribution in [0.3, 0.4) is 0 Å². The van der Waals surface area contributed by atoms with Crippen LogP contribution in [0.1, 0.15) is 18.7 Å². The highest BCUT2D eigenvalue weighted by molar-refractivity contribution is 7.15. The number of thiophene rings is 1. The third kappa shape index (κ3) is 2.61. The van der Waals surface area contributed by atoms with Gasteiger partial charge in [0.15, 0.2) is 0 Å². The van der Waals surface area contributed by atoms with Crippen molar-refractivity contribution in [3.63, 3.8) is 0 Å². The van der Waals surface area contributed by atoms with Crippen LogP contribution in [0, 0.1) is 5.92 Å². The predicted molar refractivity (Wildman–Crippen MR) is 70.5 cm³/mol. The summed E-state index contributed by atoms with van der Waals surface area (Å²) in [5.74, 6) is 1.27. The van der Waals surface area contributed by atoms with Crippen LogP contribution in [0.15, 0.2) is 30.3 Å². The van der Waals surface area contributed by atoms with Crippen molar-refractivity contribution in [1.82, 2.24) is 4.98 Å². The zero-order chi connectivity index (χ0) is 11.5. The van der Waals surface area contributed by atoms with E-state index < -0.39 is 0 Å². The van der Waals surface area contributed by atoms with Crippen molar-refractivity contribution in [3.8, 4) is 10.6 Å². The lowest BCUT2D eigenvalue weighted by Gasteiger charge is -2.00. The highest BCUT2D eigenvalue weighted by Crippen LogP contribution is 2.28. The average Bonchev–Trinajstić information content (AvgIpc) is 2.65. The number of nitrogens with two attached hydrogens (primary N) is 1. The molecule has 0 aliphatic rings. The maximum absolute atomic E-state index is 5.68. The number of hydrogen-bond donors (Lipinski definition) is 1. The third-order valence-electron chi connectivity index (χ3n) is 2.29. The zero-order valence-electron chi connectivity index (χ0n) is 9.60. The fourth-order valence-electron chi connectivity index (χ4n) is 1.62. The van der Waals surface area contributed by atoms with Gasteiger partial charge in [0.2, 0.25) is 0 Å². The summed E-state index contributed by atoms with van der Waals surface area (Å²) in [7, 11) is 0. The Morgan fingerprint density at radius 1 is 1.25 bits per heavy atom. The van der Waals surface area contributed by atoms with Crippen molar-refractivity contribution in [2.45, 2.75) is 20.3 Å². The van der Waals surface area contributed by atoms with Crippen LogP contribution in [0.2, 0.25) is 0 Å². The molecule has 0 radical (unpaired) electrons. The van der Waals surface area contributed by atoms with Crippen LogP contribution in [-0.4, -0.2) is 4.98 Å². The van der Waals surface area contributed by atoms with Crippen LogP contribution in [0.25, 0.3) is 10.6 Å². The lowest BCUT2D eigenvalue weighted by molar-refractivity contribution is 0.654. The number of anilines is 1. The van der Waals surface area contributed by atoms with Gasteiger partial charge in [0.1, 0.15) is 5.82 Å². The van der Waals surface area contributed by atoms with Crippen LogP contribution in [0.4, 0.5) is 5.82 Å². The number of aromatic nitrogens is 1. The Kier molecular flexibility index (Phi) is 3.25. The number of nitrogen functional groups attached to an aromatic ring is 1. The molecular formula is C13H16N2S. The van der Waals surface area contributed by atoms with E-state index in [0.717, 1.165) is 12.1 Å². The Morgan fingerprint density at radius 2 is 2.06 bits per heavy atom. The molecule has 0 spiro atoms. The van der Waals surface area contributed by atoms with Gasteiger partial charge in [-0.25, -0.2) is 4.98 Å². The van der Waals surface area contributed by atoms with E-state index in [2.05, 4.69) is 31.0 Å². The van der Waals surface area contributed by atoms with Gasteiger partial charge in [-0.1, -0.05) is 19.9 Å². The first-order valence-corrected chi connectivity index (χ1v) is 6.28. The van der Waals surface area contributed by atoms with Crippen molar-refractivity contribution in [1.29, 1.82) is 0 Å². The van der Waals surface area contributed by atoms with Gasteiger partial charge in [-0.2, -0.15) is 0 Å². The Morgan fingerprint density at radius 3 is 2.75 bits per heavy atom. The molecule has 0 bridgehead atoms. The molecule has 0 atom stereocenters. The van der Waals surface area contributed by atoms with Crippen molar-refractivity contribution >= 4 is 17.2 Å². The monoisotopic (exact) mass is 232 g/mol. The van der Waals surface area contributed by atoms with Gasteiger partial charge in [0, 0.05) is 4.88 Å². The van der Waals surface area contributed by atoms with Crippen LogP contribution in [-0.2, 0) is 6.42 Å². The molecule has 2 aromatic rings. The molecule has 0 unspecified atom stereocenters. The fourth-order valence-corrected chi connectivity index (χ4v) is 2.81. The Bertz CT molecular complexity index is 474. The van der Waals surface area contributed by atoms with E-state index >= 15 is 0 Å². The lowest BCUT2D eigenvalue weighted by Crippen LogP contribution is -1.90. The molecule has 0 aromatic carbocycles. The fraction of sp³-hybridized carbons (Fsp3) is 0.308. The second-order valence-corrected chi connectivity index (χ2v) is 5.48. The van der Waals surface area contributed by atoms with E-state index in [4.69, 9.17) is 5.73 Å². The quantitative estimate of drug-likeness (QED) is 0.878. The standard InChI is InChI=1S/C13H16N2S/c1-9(2)8-10-6-7-12(16-10)11-4-3-5-13(14)15-11/h3-7,9H,8H2,1-2H3,(H2,14,15). The normalized spacial score (nSPS) is 10.9. The molecule has 2 aromatic heterocycles. The van der Waals surface area contributed by atoms with Crippen molar-refractivity contribution < 1.29 is 0 Å². The molecule has 2 nitrogen and oxygen atoms in total. The third-order valence-corrected chi connectivity index (χ3v) is 3.42. The number of rotatable bonds is 3. The summed E-state index contributed by atoms with van der Waals surface area (Å²) in [4.78, 5) is 6.93. The summed E-state index contributed by atoms with van der Waals surface area (Å²) in [6.45, 7) is 4.47. The Balaban J connectivity index is 2.24. The second-order valence-electron chi connectivity index (χ2n) is 4.31. The molecule has 2 heterocycles. The predicted octanol–water partition coefficient (Wildman–Crippen LogP) is 3.59. The molecular weight excluding hydrogens is 216 g/mol. The lowest BCUT2D eigenvalue weighted by atomic mass is 10.1. The molecule has 2 N–H and O–H groups in total. The molecule has 84 valence electrons. The maximum Gasteiger partial charge on any atom is 0.124 e. The van der Waals surface area contributed by atoms with Gasteiger partial charge in [0.25, 0.3) is 0 Å². The first kappa shape index (κ1) is 11.1. The van der Waals surface area contributed by atoms with Crippen molar-refractivity contribution in [2.24, 2.45) is 5.92 Å². The van der Waals surface area contributed by atoms with E-state index in [0.29, 0.717) is 11.7 Å². The summed E-state index contributed by atoms with van der Waals surface area (Å²) in [5.41, 5.74) is 6.65. The van der Waals surface area contributed by atoms with Gasteiger partial charge >= 0.3 is 0 Å². The highest BCUT2D eigenvalue weighted by Gasteiger charge is 2.05. The van der Waals surface area contributed by atoms with Gasteiger partial charge in [-0.15, -0.1) is 11.3 Å². The van der Waals surface area contributed by atoms with Crippen LogP contribution in [0.5, 0.6) is 0 Å². The molecule has 0 amide bonds. The first-order chi connectivity index (χ1) is 7.65. The number of pyridine rings is 1. The van der Waals surface area contributed by atoms with Gasteiger partial charge < -0.3 is 5.73 Å². The largest absolute Gasteiger partial charge is 0.384 e. The highest BCUT2D eigenvalue weighted by atomic mass is 32.1. The zero-order valence-corrected chi connectivity index (χ0v) is 10.4. The van der Waals surface area contributed by atoms with Gasteiger partial charge in [-0.05, 0) is 36.6 Å². The summed E-state index contributed by atoms with van der Waals surface area (Å²) < 4.78 is 0. The van der Waals surface area contributed by atoms with Crippen LogP contribution < -0.4 is 5.73 Å². The first-order valence-electron chi connectivity index (χ1n) is 5.47. The Hall–Kier alpha value is -1.35. The van der Waals surface area contributed by atoms with Gasteiger partial charge in [-0.3, -0.25) is 0 Å². The minimum atomic E-state index is 0.580. The molecule has 16 heavy (non-hydrogen) atoms. The van der Waals surface area contributed by atoms with Gasteiger partial charge in [0.05, 0.1) is 10.6 Å². The number of hydrogen-bond acceptors (Lipinski definition) is 3. The van der Waals surface area contributed by atoms with E-state index in [-0.39, 0.29) is 0 Å². The summed E-state index contributed by atoms with van der Waals surface area (Å²) in [6, 6.07) is 10.1. The summed E-state index contributed by atoms with van der Waals surface area (Å²) in [6.07, 6.45) is 1.13. The van der Waals surface area contributed by atoms with E-state index in [9.17, 15) is 0 Å². The summed E-state index contributed by atoms with van der Waals surface area (Å²) >= 11 is 1.80. The van der Waals surface area contributed by atoms with E-state index in [1.54, 1.807) is 11.3 Å². The average molecular weight is 232 g/mol. The van der Waals surface area contributed by atoms with Crippen LogP contribution >= 0.6 is 11.3 Å². The maximum atomic E-state index is 5.68. The number of nitrogens with zero attached hydrogens (tertiary/aromatic N) is 1. The molecule has 2 rings (SSSR count). The minimum absolute atomic E-state index is 0.580. The second kappa shape index (κ2) is 4.66. The van der Waals surface area contributed by atoms with E-state index in [1.165, 1.54) is 9.75 Å². The molecule has 0 aliphatic carbocycles. The molecule has 0 aliphatic heterocycles. The van der Waals surface area contributed by atoms with Crippen molar-refractivity contribution in [3.05, 3.63) is 35.2 Å². The summed E-state index contributed by atoms with van der Waals surface area (Å²) in [5, 5.41) is 0. The van der Waals surface area contributed by atoms with Crippen molar-refractivity contribution in [2.75, 3.05) is 5.73 Å². The van der Waals surface area contributed by atoms with E-state index in [1.807, 2.05) is 18.2 Å². The minimum Gasteiger partial charge on any atom is -0.384 e. The molecule has 0 saturated carbocycles.